The molecule has 0 bridgehead atoms. The van der Waals surface area contributed by atoms with E-state index in [0.29, 0.717) is 22.7 Å². The summed E-state index contributed by atoms with van der Waals surface area (Å²) >= 11 is 1.52. The van der Waals surface area contributed by atoms with Crippen molar-refractivity contribution in [3.05, 3.63) is 84.4 Å². The zero-order chi connectivity index (χ0) is 21.8. The molecular weight excluding hydrogens is 432 g/mol. The van der Waals surface area contributed by atoms with E-state index < -0.39 is 22.0 Å². The molecule has 3 aromatic carbocycles. The van der Waals surface area contributed by atoms with Gasteiger partial charge in [-0.05, 0) is 36.1 Å². The van der Waals surface area contributed by atoms with Crippen LogP contribution in [0.2, 0.25) is 0 Å². The number of hydrogen-bond donors (Lipinski definition) is 1. The quantitative estimate of drug-likeness (QED) is 0.567. The van der Waals surface area contributed by atoms with E-state index in [9.17, 15) is 13.2 Å². The fourth-order valence-corrected chi connectivity index (χ4v) is 5.56. The first-order chi connectivity index (χ1) is 15.0. The third-order valence-electron chi connectivity index (χ3n) is 4.92. The van der Waals surface area contributed by atoms with E-state index in [4.69, 9.17) is 4.74 Å². The number of hydrogen-bond acceptors (Lipinski definition) is 5. The van der Waals surface area contributed by atoms with Gasteiger partial charge in [-0.3, -0.25) is 9.10 Å². The molecule has 6 nitrogen and oxygen atoms in total. The molecule has 0 aliphatic carbocycles. The molecule has 0 radical (unpaired) electrons. The van der Waals surface area contributed by atoms with Gasteiger partial charge in [-0.15, -0.1) is 11.8 Å². The normalized spacial score (nSPS) is 15.6. The van der Waals surface area contributed by atoms with Gasteiger partial charge in [0.15, 0.2) is 6.10 Å². The second kappa shape index (κ2) is 9.03. The number of nitrogens with one attached hydrogen (secondary N) is 1. The predicted octanol–water partition coefficient (Wildman–Crippen LogP) is 4.14. The Kier molecular flexibility index (Phi) is 6.20. The van der Waals surface area contributed by atoms with Crippen LogP contribution < -0.4 is 14.4 Å². The molecule has 1 N–H and O–H groups in total. The minimum Gasteiger partial charge on any atom is -0.476 e. The number of ether oxygens (including phenoxy) is 1. The van der Waals surface area contributed by atoms with Crippen molar-refractivity contribution in [2.24, 2.45) is 0 Å². The van der Waals surface area contributed by atoms with Gasteiger partial charge in [0.05, 0.1) is 23.7 Å². The lowest BCUT2D eigenvalue weighted by molar-refractivity contribution is -0.122. The van der Waals surface area contributed by atoms with Gasteiger partial charge in [-0.2, -0.15) is 0 Å². The second-order valence-electron chi connectivity index (χ2n) is 7.04. The minimum absolute atomic E-state index is 0.0978. The van der Waals surface area contributed by atoms with Gasteiger partial charge in [0, 0.05) is 4.90 Å². The number of benzene rings is 3. The van der Waals surface area contributed by atoms with Crippen LogP contribution >= 0.6 is 11.8 Å². The monoisotopic (exact) mass is 454 g/mol. The van der Waals surface area contributed by atoms with Gasteiger partial charge in [-0.1, -0.05) is 54.6 Å². The Morgan fingerprint density at radius 3 is 2.48 bits per heavy atom. The number of rotatable bonds is 6. The molecule has 1 heterocycles. The molecule has 3 aromatic rings. The lowest BCUT2D eigenvalue weighted by atomic mass is 10.2. The fourth-order valence-electron chi connectivity index (χ4n) is 3.43. The maximum atomic E-state index is 13.3. The number of para-hydroxylation sites is 3. The van der Waals surface area contributed by atoms with Crippen molar-refractivity contribution in [1.29, 1.82) is 0 Å². The van der Waals surface area contributed by atoms with E-state index in [1.807, 2.05) is 36.6 Å². The zero-order valence-corrected chi connectivity index (χ0v) is 18.5. The Bertz CT molecular complexity index is 1180. The highest BCUT2D eigenvalue weighted by Gasteiger charge is 2.36. The average Bonchev–Trinajstić information content (AvgIpc) is 2.79. The van der Waals surface area contributed by atoms with Crippen molar-refractivity contribution in [3.63, 3.8) is 0 Å². The lowest BCUT2D eigenvalue weighted by Crippen LogP contribution is -2.49. The Labute approximate surface area is 186 Å². The van der Waals surface area contributed by atoms with Crippen LogP contribution in [0.15, 0.2) is 83.8 Å². The standard InChI is InChI=1S/C23H22N2O4S2/c1-30-22-14-8-5-11-18(22)24-23(26)21-15-25(19-12-6-7-13-20(19)29-21)31(27,28)16-17-9-3-2-4-10-17/h2-14,21H,15-16H2,1H3,(H,24,26). The topological polar surface area (TPSA) is 75.7 Å². The van der Waals surface area contributed by atoms with Crippen molar-refractivity contribution < 1.29 is 17.9 Å². The number of thioether (sulfide) groups is 1. The molecule has 160 valence electrons. The molecule has 0 saturated heterocycles. The summed E-state index contributed by atoms with van der Waals surface area (Å²) in [6.07, 6.45) is 0.950. The Morgan fingerprint density at radius 1 is 1.03 bits per heavy atom. The molecule has 31 heavy (non-hydrogen) atoms. The molecule has 0 fully saturated rings. The van der Waals surface area contributed by atoms with Crippen molar-refractivity contribution >= 4 is 39.1 Å². The van der Waals surface area contributed by atoms with Crippen LogP contribution in [-0.2, 0) is 20.6 Å². The van der Waals surface area contributed by atoms with Gasteiger partial charge in [0.1, 0.15) is 5.75 Å². The van der Waals surface area contributed by atoms with Crippen LogP contribution in [0.5, 0.6) is 5.75 Å². The molecule has 1 unspecified atom stereocenters. The first-order valence-corrected chi connectivity index (χ1v) is 12.6. The Hall–Kier alpha value is -2.97. The van der Waals surface area contributed by atoms with E-state index >= 15 is 0 Å². The van der Waals surface area contributed by atoms with Gasteiger partial charge < -0.3 is 10.1 Å². The van der Waals surface area contributed by atoms with Crippen molar-refractivity contribution in [2.75, 3.05) is 22.4 Å². The van der Waals surface area contributed by atoms with Crippen LogP contribution in [0.3, 0.4) is 0 Å². The van der Waals surface area contributed by atoms with Crippen molar-refractivity contribution in [2.45, 2.75) is 16.8 Å². The zero-order valence-electron chi connectivity index (χ0n) is 16.9. The minimum atomic E-state index is -3.73. The highest BCUT2D eigenvalue weighted by molar-refractivity contribution is 7.98. The number of anilines is 2. The fraction of sp³-hybridized carbons (Fsp3) is 0.174. The highest BCUT2D eigenvalue weighted by atomic mass is 32.2. The Balaban J connectivity index is 1.62. The molecule has 1 amide bonds. The number of carbonyl (C=O) groups excluding carboxylic acids is 1. The summed E-state index contributed by atoms with van der Waals surface area (Å²) in [6, 6.07) is 23.3. The van der Waals surface area contributed by atoms with E-state index in [1.165, 1.54) is 16.1 Å². The molecule has 0 aromatic heterocycles. The van der Waals surface area contributed by atoms with Crippen LogP contribution in [0.25, 0.3) is 0 Å². The molecule has 1 aliphatic rings. The van der Waals surface area contributed by atoms with Gasteiger partial charge in [0.2, 0.25) is 10.0 Å². The van der Waals surface area contributed by atoms with Crippen molar-refractivity contribution in [3.8, 4) is 5.75 Å². The summed E-state index contributed by atoms with van der Waals surface area (Å²) in [4.78, 5) is 13.9. The summed E-state index contributed by atoms with van der Waals surface area (Å²) in [5, 5.41) is 2.88. The average molecular weight is 455 g/mol. The third kappa shape index (κ3) is 4.70. The molecular formula is C23H22N2O4S2. The van der Waals surface area contributed by atoms with Crippen LogP contribution in [-0.4, -0.2) is 33.2 Å². The predicted molar refractivity (Wildman–Crippen MR) is 124 cm³/mol. The second-order valence-corrected chi connectivity index (χ2v) is 9.78. The molecule has 1 aliphatic heterocycles. The summed E-state index contributed by atoms with van der Waals surface area (Å²) in [6.45, 7) is -0.0978. The smallest absolute Gasteiger partial charge is 0.267 e. The van der Waals surface area contributed by atoms with Gasteiger partial charge in [-0.25, -0.2) is 8.42 Å². The van der Waals surface area contributed by atoms with Gasteiger partial charge in [0.25, 0.3) is 5.91 Å². The summed E-state index contributed by atoms with van der Waals surface area (Å²) in [7, 11) is -3.73. The molecule has 1 atom stereocenters. The molecule has 0 saturated carbocycles. The first kappa shape index (κ1) is 21.3. The Morgan fingerprint density at radius 2 is 1.71 bits per heavy atom. The number of fused-ring (bicyclic) bond motifs is 1. The van der Waals surface area contributed by atoms with E-state index in [-0.39, 0.29) is 12.3 Å². The first-order valence-electron chi connectivity index (χ1n) is 9.72. The van der Waals surface area contributed by atoms with E-state index in [1.54, 1.807) is 48.5 Å². The summed E-state index contributed by atoms with van der Waals surface area (Å²) in [5.41, 5.74) is 1.79. The molecule has 8 heteroatoms. The molecule has 0 spiro atoms. The van der Waals surface area contributed by atoms with Gasteiger partial charge >= 0.3 is 0 Å². The van der Waals surface area contributed by atoms with E-state index in [2.05, 4.69) is 5.32 Å². The summed E-state index contributed by atoms with van der Waals surface area (Å²) in [5.74, 6) is -0.189. The van der Waals surface area contributed by atoms with Crippen LogP contribution in [0.1, 0.15) is 5.56 Å². The number of amides is 1. The van der Waals surface area contributed by atoms with Crippen LogP contribution in [0.4, 0.5) is 11.4 Å². The third-order valence-corrected chi connectivity index (χ3v) is 7.43. The summed E-state index contributed by atoms with van der Waals surface area (Å²) < 4.78 is 33.7. The lowest BCUT2D eigenvalue weighted by Gasteiger charge is -2.34. The SMILES string of the molecule is CSc1ccccc1NC(=O)C1CN(S(=O)(=O)Cc2ccccc2)c2ccccc2O1. The molecule has 4 rings (SSSR count). The highest BCUT2D eigenvalue weighted by Crippen LogP contribution is 2.36. The largest absolute Gasteiger partial charge is 0.476 e. The van der Waals surface area contributed by atoms with Crippen LogP contribution in [0, 0.1) is 0 Å². The number of sulfonamides is 1. The van der Waals surface area contributed by atoms with E-state index in [0.717, 1.165) is 4.90 Å². The maximum Gasteiger partial charge on any atom is 0.267 e. The maximum absolute atomic E-state index is 13.3. The number of carbonyl (C=O) groups is 1. The number of nitrogens with zero attached hydrogens (tertiary/aromatic N) is 1. The van der Waals surface area contributed by atoms with Crippen molar-refractivity contribution in [1.82, 2.24) is 0 Å².